The number of nitrogens with zero attached hydrogens (tertiary/aromatic N) is 4. The first kappa shape index (κ1) is 18.3. The lowest BCUT2D eigenvalue weighted by Gasteiger charge is -2.19. The highest BCUT2D eigenvalue weighted by molar-refractivity contribution is 6.05. The Balaban J connectivity index is 1.96. The molecule has 1 N–H and O–H groups in total. The van der Waals surface area contributed by atoms with Gasteiger partial charge in [-0.1, -0.05) is 51.1 Å². The van der Waals surface area contributed by atoms with Gasteiger partial charge in [-0.05, 0) is 42.2 Å². The molecule has 0 bridgehead atoms. The number of aryl methyl sites for hydroxylation is 1. The summed E-state index contributed by atoms with van der Waals surface area (Å²) in [4.78, 5) is 16.1. The second-order valence-electron chi connectivity index (χ2n) is 7.41. The van der Waals surface area contributed by atoms with Crippen LogP contribution in [-0.4, -0.2) is 15.7 Å². The maximum absolute atomic E-state index is 12.8. The predicted molar refractivity (Wildman–Crippen MR) is 106 cm³/mol. The summed E-state index contributed by atoms with van der Waals surface area (Å²) in [5, 5.41) is 16.6. The van der Waals surface area contributed by atoms with Crippen molar-refractivity contribution in [1.82, 2.24) is 9.78 Å². The largest absolute Gasteiger partial charge is 0.449 e. The van der Waals surface area contributed by atoms with Crippen molar-refractivity contribution in [2.24, 2.45) is 0 Å². The van der Waals surface area contributed by atoms with E-state index in [1.165, 1.54) is 0 Å². The molecular weight excluding hydrogens is 338 g/mol. The Bertz CT molecular complexity index is 1010. The van der Waals surface area contributed by atoms with Crippen LogP contribution in [0.3, 0.4) is 0 Å². The zero-order valence-corrected chi connectivity index (χ0v) is 15.9. The molecule has 0 atom stereocenters. The van der Waals surface area contributed by atoms with Gasteiger partial charge in [-0.3, -0.25) is 10.1 Å². The van der Waals surface area contributed by atoms with E-state index in [4.69, 9.17) is 0 Å². The van der Waals surface area contributed by atoms with E-state index in [1.807, 2.05) is 42.5 Å². The van der Waals surface area contributed by atoms with Gasteiger partial charge in [0.05, 0.1) is 5.69 Å². The summed E-state index contributed by atoms with van der Waals surface area (Å²) < 4.78 is 1.56. The van der Waals surface area contributed by atoms with E-state index in [2.05, 4.69) is 36.2 Å². The minimum atomic E-state index is -0.294. The van der Waals surface area contributed by atoms with Gasteiger partial charge in [0, 0.05) is 5.56 Å². The van der Waals surface area contributed by atoms with Crippen molar-refractivity contribution in [3.05, 3.63) is 76.4 Å². The first-order valence-electron chi connectivity index (χ1n) is 8.73. The first-order valence-corrected chi connectivity index (χ1v) is 8.73. The minimum absolute atomic E-state index is 0.0149. The normalized spacial score (nSPS) is 11.1. The maximum Gasteiger partial charge on any atom is 0.449 e. The molecule has 0 aliphatic rings. The Kier molecular flexibility index (Phi) is 4.78. The van der Waals surface area contributed by atoms with Crippen LogP contribution < -0.4 is 5.32 Å². The number of carbonyl (C=O) groups excluding carboxylic acids is 1. The molecule has 0 saturated heterocycles. The molecule has 6 heteroatoms. The maximum atomic E-state index is 12.8. The van der Waals surface area contributed by atoms with Crippen molar-refractivity contribution in [3.63, 3.8) is 0 Å². The average Bonchev–Trinajstić information content (AvgIpc) is 2.97. The summed E-state index contributed by atoms with van der Waals surface area (Å²) in [5.74, 6) is 0.0311. The lowest BCUT2D eigenvalue weighted by molar-refractivity contribution is 0.102. The molecule has 3 rings (SSSR count). The minimum Gasteiger partial charge on any atom is -0.300 e. The molecule has 0 aliphatic heterocycles. The Labute approximate surface area is 158 Å². The van der Waals surface area contributed by atoms with Crippen LogP contribution in [0.15, 0.2) is 54.6 Å². The van der Waals surface area contributed by atoms with Crippen molar-refractivity contribution < 1.29 is 4.79 Å². The summed E-state index contributed by atoms with van der Waals surface area (Å²) in [7, 11) is 0. The second-order valence-corrected chi connectivity index (χ2v) is 7.41. The molecule has 0 saturated carbocycles. The number of benzene rings is 2. The summed E-state index contributed by atoms with van der Waals surface area (Å²) in [5.41, 5.74) is 3.19. The Hall–Kier alpha value is -3.46. The lowest BCUT2D eigenvalue weighted by atomic mass is 9.87. The number of para-hydroxylation sites is 1. The molecule has 0 radical (unpaired) electrons. The number of rotatable bonds is 3. The summed E-state index contributed by atoms with van der Waals surface area (Å²) >= 11 is 0. The van der Waals surface area contributed by atoms with Crippen molar-refractivity contribution in [2.75, 3.05) is 5.32 Å². The summed E-state index contributed by atoms with van der Waals surface area (Å²) in [6.07, 6.45) is 0. The van der Waals surface area contributed by atoms with Crippen LogP contribution in [0.5, 0.6) is 0 Å². The molecule has 2 aromatic carbocycles. The van der Waals surface area contributed by atoms with Gasteiger partial charge < -0.3 is 0 Å². The number of nitrogens with one attached hydrogen (secondary N) is 1. The van der Waals surface area contributed by atoms with Crippen molar-refractivity contribution in [3.8, 4) is 5.69 Å². The van der Waals surface area contributed by atoms with Crippen LogP contribution in [-0.2, 0) is 5.41 Å². The zero-order valence-electron chi connectivity index (χ0n) is 15.9. The van der Waals surface area contributed by atoms with Gasteiger partial charge in [-0.25, -0.2) is 4.68 Å². The zero-order chi connectivity index (χ0) is 19.6. The van der Waals surface area contributed by atoms with E-state index in [-0.39, 0.29) is 17.0 Å². The molecule has 0 aliphatic carbocycles. The lowest BCUT2D eigenvalue weighted by Crippen LogP contribution is -2.16. The number of hydrogen-bond donors (Lipinski definition) is 1. The van der Waals surface area contributed by atoms with Gasteiger partial charge in [0.25, 0.3) is 5.91 Å². The highest BCUT2D eigenvalue weighted by Crippen LogP contribution is 2.32. The SMILES string of the molecule is Cc1nn(-c2ccccc2)c(NC(=O)c2ccc(C(C)(C)C)cc2)c1[N+]#N. The standard InChI is InChI=1S/C21H21N5O/c1-14-18(24-22)19(26(25-14)17-8-6-5-7-9-17)23-20(27)15-10-12-16(13-11-15)21(2,3)4/h5-13H,1-4H3/p+1. The van der Waals surface area contributed by atoms with E-state index in [0.717, 1.165) is 11.3 Å². The highest BCUT2D eigenvalue weighted by Gasteiger charge is 2.28. The molecule has 0 spiro atoms. The van der Waals surface area contributed by atoms with Crippen molar-refractivity contribution in [2.45, 2.75) is 33.1 Å². The fourth-order valence-corrected chi connectivity index (χ4v) is 2.81. The quantitative estimate of drug-likeness (QED) is 0.651. The molecule has 1 heterocycles. The Morgan fingerprint density at radius 3 is 2.26 bits per heavy atom. The van der Waals surface area contributed by atoms with Crippen molar-refractivity contribution in [1.29, 1.82) is 5.39 Å². The highest BCUT2D eigenvalue weighted by atomic mass is 16.1. The monoisotopic (exact) mass is 360 g/mol. The number of hydrogen-bond acceptors (Lipinski definition) is 3. The average molecular weight is 360 g/mol. The van der Waals surface area contributed by atoms with E-state index in [9.17, 15) is 10.2 Å². The van der Waals surface area contributed by atoms with Crippen LogP contribution in [0.25, 0.3) is 10.7 Å². The van der Waals surface area contributed by atoms with Crippen LogP contribution in [0.2, 0.25) is 0 Å². The molecule has 6 nitrogen and oxygen atoms in total. The summed E-state index contributed by atoms with van der Waals surface area (Å²) in [6, 6.07) is 16.9. The summed E-state index contributed by atoms with van der Waals surface area (Å²) in [6.45, 7) is 8.09. The molecule has 0 unspecified atom stereocenters. The first-order chi connectivity index (χ1) is 12.8. The van der Waals surface area contributed by atoms with E-state index >= 15 is 0 Å². The second kappa shape index (κ2) is 7.04. The predicted octanol–water partition coefficient (Wildman–Crippen LogP) is 5.22. The number of amides is 1. The van der Waals surface area contributed by atoms with E-state index in [1.54, 1.807) is 23.7 Å². The van der Waals surface area contributed by atoms with Crippen LogP contribution >= 0.6 is 0 Å². The fourth-order valence-electron chi connectivity index (χ4n) is 2.81. The smallest absolute Gasteiger partial charge is 0.300 e. The molecule has 27 heavy (non-hydrogen) atoms. The van der Waals surface area contributed by atoms with Gasteiger partial charge in [-0.15, -0.1) is 0 Å². The molecular formula is C21H22N5O+. The Morgan fingerprint density at radius 1 is 1.07 bits per heavy atom. The van der Waals surface area contributed by atoms with Gasteiger partial charge in [0.1, 0.15) is 0 Å². The fraction of sp³-hybridized carbons (Fsp3) is 0.238. The number of diazo groups is 1. The third-order valence-electron chi connectivity index (χ3n) is 4.37. The van der Waals surface area contributed by atoms with Gasteiger partial charge in [0.15, 0.2) is 10.7 Å². The van der Waals surface area contributed by atoms with Crippen molar-refractivity contribution >= 4 is 17.4 Å². The molecule has 1 amide bonds. The third kappa shape index (κ3) is 3.72. The number of aromatic nitrogens is 2. The number of carbonyl (C=O) groups is 1. The topological polar surface area (TPSA) is 75.1 Å². The van der Waals surface area contributed by atoms with Gasteiger partial charge >= 0.3 is 5.69 Å². The van der Waals surface area contributed by atoms with Gasteiger partial charge in [-0.2, -0.15) is 5.10 Å². The van der Waals surface area contributed by atoms with E-state index in [0.29, 0.717) is 17.1 Å². The van der Waals surface area contributed by atoms with Crippen LogP contribution in [0.4, 0.5) is 11.5 Å². The Morgan fingerprint density at radius 2 is 1.70 bits per heavy atom. The molecule has 1 aromatic heterocycles. The molecule has 0 fully saturated rings. The third-order valence-corrected chi connectivity index (χ3v) is 4.37. The van der Waals surface area contributed by atoms with Gasteiger partial charge in [0.2, 0.25) is 11.2 Å². The molecule has 3 aromatic rings. The van der Waals surface area contributed by atoms with Crippen LogP contribution in [0, 0.1) is 12.3 Å². The van der Waals surface area contributed by atoms with Crippen LogP contribution in [0.1, 0.15) is 42.4 Å². The number of anilines is 1. The molecule has 136 valence electrons. The van der Waals surface area contributed by atoms with E-state index < -0.39 is 0 Å².